The third-order valence-electron chi connectivity index (χ3n) is 3.70. The maximum Gasteiger partial charge on any atom is 0.0344 e. The zero-order valence-corrected chi connectivity index (χ0v) is 11.4. The van der Waals surface area contributed by atoms with Crippen LogP contribution < -0.4 is 5.73 Å². The van der Waals surface area contributed by atoms with Crippen molar-refractivity contribution in [1.82, 2.24) is 0 Å². The molecular formula is C17H21N. The normalized spacial score (nSPS) is 12.4. The highest BCUT2D eigenvalue weighted by Gasteiger charge is 2.04. The van der Waals surface area contributed by atoms with Crippen molar-refractivity contribution in [3.05, 3.63) is 53.6 Å². The van der Waals surface area contributed by atoms with Crippen LogP contribution in [0.4, 0.5) is 5.69 Å². The lowest BCUT2D eigenvalue weighted by atomic mass is 9.95. The molecule has 2 aromatic carbocycles. The van der Waals surface area contributed by atoms with Crippen LogP contribution in [0.25, 0.3) is 11.1 Å². The summed E-state index contributed by atoms with van der Waals surface area (Å²) < 4.78 is 0. The van der Waals surface area contributed by atoms with E-state index < -0.39 is 0 Å². The summed E-state index contributed by atoms with van der Waals surface area (Å²) in [7, 11) is 0. The molecule has 2 rings (SSSR count). The molecule has 18 heavy (non-hydrogen) atoms. The van der Waals surface area contributed by atoms with Crippen molar-refractivity contribution < 1.29 is 0 Å². The average molecular weight is 239 g/mol. The van der Waals surface area contributed by atoms with Crippen LogP contribution in [-0.4, -0.2) is 0 Å². The van der Waals surface area contributed by atoms with Crippen molar-refractivity contribution in [3.63, 3.8) is 0 Å². The van der Waals surface area contributed by atoms with E-state index in [-0.39, 0.29) is 0 Å². The highest BCUT2D eigenvalue weighted by atomic mass is 14.5. The third kappa shape index (κ3) is 2.56. The number of nitrogen functional groups attached to an aromatic ring is 1. The second-order valence-corrected chi connectivity index (χ2v) is 5.00. The van der Waals surface area contributed by atoms with Gasteiger partial charge in [-0.25, -0.2) is 0 Å². The molecule has 0 fully saturated rings. The van der Waals surface area contributed by atoms with E-state index in [1.165, 1.54) is 23.1 Å². The zero-order valence-electron chi connectivity index (χ0n) is 11.4. The van der Waals surface area contributed by atoms with E-state index in [0.29, 0.717) is 5.92 Å². The number of benzene rings is 2. The Morgan fingerprint density at radius 1 is 1.00 bits per heavy atom. The highest BCUT2D eigenvalue weighted by molar-refractivity contribution is 5.67. The summed E-state index contributed by atoms with van der Waals surface area (Å²) in [6, 6.07) is 15.1. The minimum absolute atomic E-state index is 0.632. The molecule has 0 amide bonds. The van der Waals surface area contributed by atoms with E-state index in [1.54, 1.807) is 0 Å². The number of hydrogen-bond acceptors (Lipinski definition) is 1. The highest BCUT2D eigenvalue weighted by Crippen LogP contribution is 2.26. The number of aryl methyl sites for hydroxylation is 1. The molecule has 0 saturated heterocycles. The number of hydrogen-bond donors (Lipinski definition) is 1. The third-order valence-corrected chi connectivity index (χ3v) is 3.70. The van der Waals surface area contributed by atoms with Crippen LogP contribution in [0, 0.1) is 6.92 Å². The van der Waals surface area contributed by atoms with Crippen LogP contribution in [0.3, 0.4) is 0 Å². The second-order valence-electron chi connectivity index (χ2n) is 5.00. The summed E-state index contributed by atoms with van der Waals surface area (Å²) in [5, 5.41) is 0. The van der Waals surface area contributed by atoms with Gasteiger partial charge in [-0.3, -0.25) is 0 Å². The van der Waals surface area contributed by atoms with Crippen molar-refractivity contribution in [2.24, 2.45) is 0 Å². The average Bonchev–Trinajstić information content (AvgIpc) is 2.41. The lowest BCUT2D eigenvalue weighted by Crippen LogP contribution is -1.92. The predicted molar refractivity (Wildman–Crippen MR) is 79.7 cm³/mol. The van der Waals surface area contributed by atoms with Gasteiger partial charge in [0.1, 0.15) is 0 Å². The van der Waals surface area contributed by atoms with Gasteiger partial charge in [-0.15, -0.1) is 0 Å². The first-order chi connectivity index (χ1) is 8.61. The number of anilines is 1. The van der Waals surface area contributed by atoms with Crippen LogP contribution in [-0.2, 0) is 0 Å². The van der Waals surface area contributed by atoms with Crippen molar-refractivity contribution in [2.75, 3.05) is 5.73 Å². The van der Waals surface area contributed by atoms with Crippen LogP contribution >= 0.6 is 0 Å². The lowest BCUT2D eigenvalue weighted by molar-refractivity contribution is 0.734. The monoisotopic (exact) mass is 239 g/mol. The molecule has 0 saturated carbocycles. The van der Waals surface area contributed by atoms with Gasteiger partial charge in [-0.1, -0.05) is 44.2 Å². The molecule has 0 spiro atoms. The van der Waals surface area contributed by atoms with E-state index in [4.69, 9.17) is 5.73 Å². The minimum Gasteiger partial charge on any atom is -0.399 e. The van der Waals surface area contributed by atoms with Gasteiger partial charge in [-0.05, 0) is 53.6 Å². The van der Waals surface area contributed by atoms with E-state index in [9.17, 15) is 0 Å². The molecule has 0 aliphatic heterocycles. The van der Waals surface area contributed by atoms with E-state index in [0.717, 1.165) is 11.3 Å². The summed E-state index contributed by atoms with van der Waals surface area (Å²) in [6.07, 6.45) is 1.18. The van der Waals surface area contributed by atoms with Gasteiger partial charge in [0.05, 0.1) is 0 Å². The molecule has 1 unspecified atom stereocenters. The first kappa shape index (κ1) is 12.7. The van der Waals surface area contributed by atoms with Crippen LogP contribution in [0.1, 0.15) is 37.3 Å². The summed E-state index contributed by atoms with van der Waals surface area (Å²) in [5.74, 6) is 0.632. The SMILES string of the molecule is CCC(C)c1ccc(-c2ccc(N)c(C)c2)cc1. The largest absolute Gasteiger partial charge is 0.399 e. The Morgan fingerprint density at radius 2 is 1.61 bits per heavy atom. The summed E-state index contributed by atoms with van der Waals surface area (Å²) in [4.78, 5) is 0. The van der Waals surface area contributed by atoms with Crippen molar-refractivity contribution in [1.29, 1.82) is 0 Å². The first-order valence-corrected chi connectivity index (χ1v) is 6.58. The minimum atomic E-state index is 0.632. The smallest absolute Gasteiger partial charge is 0.0344 e. The topological polar surface area (TPSA) is 26.0 Å². The Morgan fingerprint density at radius 3 is 2.17 bits per heavy atom. The maximum absolute atomic E-state index is 5.85. The van der Waals surface area contributed by atoms with Crippen molar-refractivity contribution in [2.45, 2.75) is 33.1 Å². The number of rotatable bonds is 3. The molecule has 1 atom stereocenters. The molecule has 2 aromatic rings. The van der Waals surface area contributed by atoms with E-state index in [1.807, 2.05) is 13.0 Å². The van der Waals surface area contributed by atoms with Gasteiger partial charge in [0.25, 0.3) is 0 Å². The zero-order chi connectivity index (χ0) is 13.1. The molecule has 2 N–H and O–H groups in total. The summed E-state index contributed by atoms with van der Waals surface area (Å²) >= 11 is 0. The Bertz CT molecular complexity index is 526. The predicted octanol–water partition coefficient (Wildman–Crippen LogP) is 4.76. The van der Waals surface area contributed by atoms with Gasteiger partial charge in [0, 0.05) is 5.69 Å². The quantitative estimate of drug-likeness (QED) is 0.768. The molecule has 0 radical (unpaired) electrons. The Kier molecular flexibility index (Phi) is 3.71. The van der Waals surface area contributed by atoms with Crippen LogP contribution in [0.2, 0.25) is 0 Å². The molecule has 0 aliphatic rings. The Labute approximate surface area is 110 Å². The van der Waals surface area contributed by atoms with Crippen molar-refractivity contribution in [3.8, 4) is 11.1 Å². The number of nitrogens with two attached hydrogens (primary N) is 1. The van der Waals surface area contributed by atoms with Gasteiger partial charge in [0.15, 0.2) is 0 Å². The first-order valence-electron chi connectivity index (χ1n) is 6.58. The van der Waals surface area contributed by atoms with Gasteiger partial charge in [-0.2, -0.15) is 0 Å². The van der Waals surface area contributed by atoms with Crippen molar-refractivity contribution >= 4 is 5.69 Å². The Balaban J connectivity index is 2.31. The molecular weight excluding hydrogens is 218 g/mol. The summed E-state index contributed by atoms with van der Waals surface area (Å²) in [5.41, 5.74) is 11.7. The molecule has 94 valence electrons. The van der Waals surface area contributed by atoms with Gasteiger partial charge in [0.2, 0.25) is 0 Å². The van der Waals surface area contributed by atoms with E-state index >= 15 is 0 Å². The molecule has 1 nitrogen and oxygen atoms in total. The second kappa shape index (κ2) is 5.26. The molecule has 0 aliphatic carbocycles. The summed E-state index contributed by atoms with van der Waals surface area (Å²) in [6.45, 7) is 6.54. The van der Waals surface area contributed by atoms with Gasteiger partial charge >= 0.3 is 0 Å². The fourth-order valence-corrected chi connectivity index (χ4v) is 2.10. The van der Waals surface area contributed by atoms with E-state index in [2.05, 4.69) is 50.2 Å². The fraction of sp³-hybridized carbons (Fsp3) is 0.294. The Hall–Kier alpha value is -1.76. The fourth-order valence-electron chi connectivity index (χ4n) is 2.10. The molecule has 0 heterocycles. The van der Waals surface area contributed by atoms with Crippen LogP contribution in [0.5, 0.6) is 0 Å². The molecule has 0 bridgehead atoms. The molecule has 1 heteroatoms. The lowest BCUT2D eigenvalue weighted by Gasteiger charge is -2.10. The van der Waals surface area contributed by atoms with Crippen LogP contribution in [0.15, 0.2) is 42.5 Å². The molecule has 0 aromatic heterocycles. The standard InChI is InChI=1S/C17H21N/c1-4-12(2)14-5-7-15(8-6-14)16-9-10-17(18)13(3)11-16/h5-12H,4,18H2,1-3H3. The maximum atomic E-state index is 5.85. The van der Waals surface area contributed by atoms with Gasteiger partial charge < -0.3 is 5.73 Å².